The van der Waals surface area contributed by atoms with Crippen LogP contribution in [0.1, 0.15) is 52.7 Å². The minimum absolute atomic E-state index is 0.0240. The van der Waals surface area contributed by atoms with E-state index in [1.807, 2.05) is 24.4 Å². The quantitative estimate of drug-likeness (QED) is 0.280. The van der Waals surface area contributed by atoms with E-state index in [4.69, 9.17) is 14.7 Å². The number of hydrogen-bond acceptors (Lipinski definition) is 3. The first-order valence-corrected chi connectivity index (χ1v) is 11.8. The Morgan fingerprint density at radius 1 is 0.706 bits per heavy atom. The molecule has 5 aromatic rings. The van der Waals surface area contributed by atoms with Crippen molar-refractivity contribution in [2.45, 2.75) is 52.4 Å². The monoisotopic (exact) mass is 449 g/mol. The minimum Gasteiger partial charge on any atom is -0.439 e. The highest BCUT2D eigenvalue weighted by Gasteiger charge is 2.19. The van der Waals surface area contributed by atoms with Crippen LogP contribution in [0.2, 0.25) is 0 Å². The van der Waals surface area contributed by atoms with Crippen LogP contribution in [0, 0.1) is 0 Å². The molecular formula is C30H31N3O. The summed E-state index contributed by atoms with van der Waals surface area (Å²) in [4.78, 5) is 9.70. The number of rotatable bonds is 3. The molecule has 0 amide bonds. The Morgan fingerprint density at radius 2 is 1.44 bits per heavy atom. The summed E-state index contributed by atoms with van der Waals surface area (Å²) >= 11 is 0. The molecule has 0 saturated heterocycles. The lowest BCUT2D eigenvalue weighted by Crippen LogP contribution is -2.12. The van der Waals surface area contributed by atoms with E-state index in [0.29, 0.717) is 5.88 Å². The van der Waals surface area contributed by atoms with Crippen LogP contribution in [0.5, 0.6) is 11.6 Å². The van der Waals surface area contributed by atoms with Crippen LogP contribution in [0.3, 0.4) is 0 Å². The third-order valence-corrected chi connectivity index (χ3v) is 6.26. The van der Waals surface area contributed by atoms with E-state index in [2.05, 4.69) is 101 Å². The molecule has 5 rings (SSSR count). The fourth-order valence-electron chi connectivity index (χ4n) is 4.26. The molecule has 0 fully saturated rings. The van der Waals surface area contributed by atoms with Gasteiger partial charge < -0.3 is 4.74 Å². The molecule has 0 N–H and O–H groups in total. The van der Waals surface area contributed by atoms with Crippen molar-refractivity contribution in [3.05, 3.63) is 90.1 Å². The lowest BCUT2D eigenvalue weighted by molar-refractivity contribution is 0.461. The molecule has 0 aliphatic heterocycles. The highest BCUT2D eigenvalue weighted by molar-refractivity contribution is 6.07. The van der Waals surface area contributed by atoms with Crippen molar-refractivity contribution in [3.8, 4) is 17.4 Å². The zero-order chi connectivity index (χ0) is 24.1. The predicted molar refractivity (Wildman–Crippen MR) is 140 cm³/mol. The fourth-order valence-corrected chi connectivity index (χ4v) is 4.26. The van der Waals surface area contributed by atoms with Crippen LogP contribution in [-0.2, 0) is 10.8 Å². The van der Waals surface area contributed by atoms with Crippen molar-refractivity contribution in [2.75, 3.05) is 0 Å². The first-order valence-electron chi connectivity index (χ1n) is 11.8. The van der Waals surface area contributed by atoms with Gasteiger partial charge in [-0.05, 0) is 58.4 Å². The summed E-state index contributed by atoms with van der Waals surface area (Å²) < 4.78 is 8.38. The Kier molecular flexibility index (Phi) is 5.20. The summed E-state index contributed by atoms with van der Waals surface area (Å²) in [5.74, 6) is 2.21. The number of hydrogen-bond donors (Lipinski definition) is 0. The van der Waals surface area contributed by atoms with Crippen molar-refractivity contribution in [1.29, 1.82) is 0 Å². The molecule has 0 aliphatic carbocycles. The minimum atomic E-state index is 0.0240. The normalized spacial score (nSPS) is 12.4. The van der Waals surface area contributed by atoms with Gasteiger partial charge in [0.05, 0.1) is 5.52 Å². The highest BCUT2D eigenvalue weighted by atomic mass is 16.5. The molecule has 172 valence electrons. The summed E-state index contributed by atoms with van der Waals surface area (Å²) in [6, 6.07) is 24.9. The van der Waals surface area contributed by atoms with Crippen molar-refractivity contribution in [2.24, 2.45) is 0 Å². The first-order chi connectivity index (χ1) is 16.1. The van der Waals surface area contributed by atoms with E-state index in [9.17, 15) is 0 Å². The zero-order valence-electron chi connectivity index (χ0n) is 20.8. The van der Waals surface area contributed by atoms with Gasteiger partial charge in [0, 0.05) is 23.0 Å². The Morgan fingerprint density at radius 3 is 2.21 bits per heavy atom. The van der Waals surface area contributed by atoms with Crippen LogP contribution in [-0.4, -0.2) is 14.5 Å². The second kappa shape index (κ2) is 7.98. The van der Waals surface area contributed by atoms with Gasteiger partial charge in [-0.1, -0.05) is 71.9 Å². The lowest BCUT2D eigenvalue weighted by Gasteiger charge is -2.20. The predicted octanol–water partition coefficient (Wildman–Crippen LogP) is 7.96. The molecule has 0 radical (unpaired) electrons. The maximum absolute atomic E-state index is 6.24. The SMILES string of the molecule is CC(C)(C)c1cccc(Oc2ccc3c4ccccc4n(-c4cc(C(C)(C)C)ccn4)c3n2)c1. The average Bonchev–Trinajstić information content (AvgIpc) is 3.12. The van der Waals surface area contributed by atoms with Gasteiger partial charge in [-0.15, -0.1) is 0 Å². The van der Waals surface area contributed by atoms with E-state index in [-0.39, 0.29) is 10.8 Å². The molecule has 0 aliphatic rings. The van der Waals surface area contributed by atoms with Gasteiger partial charge in [-0.2, -0.15) is 4.98 Å². The molecule has 0 spiro atoms. The van der Waals surface area contributed by atoms with Crippen LogP contribution < -0.4 is 4.74 Å². The lowest BCUT2D eigenvalue weighted by atomic mass is 9.87. The highest BCUT2D eigenvalue weighted by Crippen LogP contribution is 2.34. The van der Waals surface area contributed by atoms with Gasteiger partial charge in [0.15, 0.2) is 5.65 Å². The summed E-state index contributed by atoms with van der Waals surface area (Å²) in [6.07, 6.45) is 1.88. The molecule has 2 aromatic carbocycles. The number of aromatic nitrogens is 3. The van der Waals surface area contributed by atoms with Crippen molar-refractivity contribution < 1.29 is 4.74 Å². The first kappa shape index (κ1) is 22.1. The molecule has 4 heteroatoms. The summed E-state index contributed by atoms with van der Waals surface area (Å²) in [6.45, 7) is 13.3. The summed E-state index contributed by atoms with van der Waals surface area (Å²) in [7, 11) is 0. The van der Waals surface area contributed by atoms with Crippen LogP contribution >= 0.6 is 0 Å². The van der Waals surface area contributed by atoms with E-state index in [1.54, 1.807) is 0 Å². The molecule has 34 heavy (non-hydrogen) atoms. The third-order valence-electron chi connectivity index (χ3n) is 6.26. The Bertz CT molecular complexity index is 1500. The van der Waals surface area contributed by atoms with E-state index < -0.39 is 0 Å². The molecule has 3 heterocycles. The third kappa shape index (κ3) is 4.05. The molecule has 3 aromatic heterocycles. The Hall–Kier alpha value is -3.66. The van der Waals surface area contributed by atoms with Gasteiger partial charge in [-0.25, -0.2) is 4.98 Å². The number of benzene rings is 2. The smallest absolute Gasteiger partial charge is 0.221 e. The molecule has 4 nitrogen and oxygen atoms in total. The molecule has 0 saturated carbocycles. The largest absolute Gasteiger partial charge is 0.439 e. The summed E-state index contributed by atoms with van der Waals surface area (Å²) in [5, 5.41) is 2.23. The number of para-hydroxylation sites is 1. The Balaban J connectivity index is 1.67. The van der Waals surface area contributed by atoms with E-state index in [1.165, 1.54) is 11.1 Å². The molecule has 0 bridgehead atoms. The van der Waals surface area contributed by atoms with Gasteiger partial charge in [0.25, 0.3) is 0 Å². The van der Waals surface area contributed by atoms with Crippen LogP contribution in [0.15, 0.2) is 79.0 Å². The fraction of sp³-hybridized carbons (Fsp3) is 0.267. The average molecular weight is 450 g/mol. The van der Waals surface area contributed by atoms with Crippen molar-refractivity contribution >= 4 is 21.9 Å². The van der Waals surface area contributed by atoms with Crippen molar-refractivity contribution in [3.63, 3.8) is 0 Å². The van der Waals surface area contributed by atoms with Crippen LogP contribution in [0.25, 0.3) is 27.8 Å². The standard InChI is InChI=1S/C30H31N3O/c1-29(2,3)20-10-9-11-22(18-20)34-27-15-14-24-23-12-7-8-13-25(23)33(28(24)32-27)26-19-21(16-17-31-26)30(4,5)6/h7-19H,1-6H3. The second-order valence-electron chi connectivity index (χ2n) is 10.9. The molecular weight excluding hydrogens is 418 g/mol. The second-order valence-corrected chi connectivity index (χ2v) is 10.9. The molecule has 0 atom stereocenters. The van der Waals surface area contributed by atoms with E-state index in [0.717, 1.165) is 33.5 Å². The number of nitrogens with zero attached hydrogens (tertiary/aromatic N) is 3. The molecule has 0 unspecified atom stereocenters. The van der Waals surface area contributed by atoms with Crippen molar-refractivity contribution in [1.82, 2.24) is 14.5 Å². The zero-order valence-corrected chi connectivity index (χ0v) is 20.8. The summed E-state index contributed by atoms with van der Waals surface area (Å²) in [5.41, 5.74) is 4.45. The number of pyridine rings is 2. The van der Waals surface area contributed by atoms with Gasteiger partial charge in [0.1, 0.15) is 11.6 Å². The maximum atomic E-state index is 6.24. The van der Waals surface area contributed by atoms with Gasteiger partial charge in [0.2, 0.25) is 5.88 Å². The van der Waals surface area contributed by atoms with Gasteiger partial charge in [-0.3, -0.25) is 4.57 Å². The topological polar surface area (TPSA) is 39.9 Å². The Labute approximate surface area is 201 Å². The van der Waals surface area contributed by atoms with Crippen LogP contribution in [0.4, 0.5) is 0 Å². The number of ether oxygens (including phenoxy) is 1. The van der Waals surface area contributed by atoms with E-state index >= 15 is 0 Å². The maximum Gasteiger partial charge on any atom is 0.221 e. The van der Waals surface area contributed by atoms with Gasteiger partial charge >= 0.3 is 0 Å². The number of fused-ring (bicyclic) bond motifs is 3.